The van der Waals surface area contributed by atoms with Gasteiger partial charge in [-0.2, -0.15) is 4.31 Å². The normalized spacial score (nSPS) is 23.2. The molecule has 0 saturated carbocycles. The largest absolute Gasteiger partial charge is 0.478 e. The van der Waals surface area contributed by atoms with Crippen LogP contribution in [0.4, 0.5) is 0 Å². The molecule has 3 rings (SSSR count). The minimum absolute atomic E-state index is 0.0795. The summed E-state index contributed by atoms with van der Waals surface area (Å²) in [5, 5.41) is 8.45. The highest BCUT2D eigenvalue weighted by Crippen LogP contribution is 2.37. The Bertz CT molecular complexity index is 847. The lowest BCUT2D eigenvalue weighted by Gasteiger charge is -2.37. The predicted molar refractivity (Wildman–Crippen MR) is 95.7 cm³/mol. The number of hydrogen-bond acceptors (Lipinski definition) is 3. The number of carbonyl (C=O) groups is 1. The van der Waals surface area contributed by atoms with Crippen molar-refractivity contribution in [2.45, 2.75) is 37.6 Å². The minimum Gasteiger partial charge on any atom is -0.478 e. The van der Waals surface area contributed by atoms with Crippen LogP contribution in [0.2, 0.25) is 0 Å². The first-order valence-electron chi connectivity index (χ1n) is 8.27. The molecule has 0 aliphatic carbocycles. The van der Waals surface area contributed by atoms with Crippen LogP contribution in [0.5, 0.6) is 0 Å². The van der Waals surface area contributed by atoms with E-state index >= 15 is 0 Å². The first-order chi connectivity index (χ1) is 11.9. The van der Waals surface area contributed by atoms with Gasteiger partial charge in [-0.05, 0) is 43.0 Å². The summed E-state index contributed by atoms with van der Waals surface area (Å²) in [7, 11) is -3.47. The number of nitrogens with zero attached hydrogens (tertiary/aromatic N) is 1. The highest BCUT2D eigenvalue weighted by atomic mass is 32.2. The maximum atomic E-state index is 13.1. The predicted octanol–water partition coefficient (Wildman–Crippen LogP) is 3.44. The molecule has 1 N–H and O–H groups in total. The van der Waals surface area contributed by atoms with Crippen LogP contribution in [0.3, 0.4) is 0 Å². The SMILES string of the molecule is CC1CC[C@@H](c2ccccc2)S(=O)(=O)N1Cc1ccc(C(=O)O)cc1. The van der Waals surface area contributed by atoms with E-state index in [0.29, 0.717) is 6.42 Å². The monoisotopic (exact) mass is 359 g/mol. The Hall–Kier alpha value is -2.18. The van der Waals surface area contributed by atoms with Crippen LogP contribution in [0.1, 0.15) is 46.5 Å². The Labute approximate surface area is 148 Å². The molecule has 0 spiro atoms. The van der Waals surface area contributed by atoms with Crippen LogP contribution in [-0.2, 0) is 16.6 Å². The molecule has 0 amide bonds. The number of carboxylic acid groups (broad SMARTS) is 1. The molecule has 0 aromatic heterocycles. The number of sulfonamides is 1. The van der Waals surface area contributed by atoms with Crippen molar-refractivity contribution in [3.8, 4) is 0 Å². The molecule has 1 unspecified atom stereocenters. The van der Waals surface area contributed by atoms with Crippen molar-refractivity contribution in [1.82, 2.24) is 4.31 Å². The topological polar surface area (TPSA) is 74.7 Å². The zero-order chi connectivity index (χ0) is 18.0. The average Bonchev–Trinajstić information content (AvgIpc) is 2.59. The van der Waals surface area contributed by atoms with E-state index in [0.717, 1.165) is 17.5 Å². The van der Waals surface area contributed by atoms with E-state index < -0.39 is 21.2 Å². The molecule has 1 saturated heterocycles. The first-order valence-corrected chi connectivity index (χ1v) is 9.78. The second-order valence-corrected chi connectivity index (χ2v) is 8.49. The summed E-state index contributed by atoms with van der Waals surface area (Å²) in [5.41, 5.74) is 1.80. The quantitative estimate of drug-likeness (QED) is 0.907. The maximum absolute atomic E-state index is 13.1. The van der Waals surface area contributed by atoms with Crippen LogP contribution < -0.4 is 0 Å². The zero-order valence-corrected chi connectivity index (χ0v) is 14.8. The molecule has 0 radical (unpaired) electrons. The molecule has 2 aromatic rings. The molecule has 132 valence electrons. The second kappa shape index (κ2) is 6.98. The fourth-order valence-corrected chi connectivity index (χ4v) is 5.48. The standard InChI is InChI=1S/C19H21NO4S/c1-14-7-12-18(16-5-3-2-4-6-16)25(23,24)20(14)13-15-8-10-17(11-9-15)19(21)22/h2-6,8-11,14,18H,7,12-13H2,1H3,(H,21,22)/t14?,18-/m0/s1. The third kappa shape index (κ3) is 3.60. The van der Waals surface area contributed by atoms with Crippen molar-refractivity contribution in [2.75, 3.05) is 0 Å². The van der Waals surface area contributed by atoms with E-state index in [1.807, 2.05) is 37.3 Å². The lowest BCUT2D eigenvalue weighted by Crippen LogP contribution is -2.44. The highest BCUT2D eigenvalue weighted by molar-refractivity contribution is 7.89. The summed E-state index contributed by atoms with van der Waals surface area (Å²) in [5.74, 6) is -0.991. The zero-order valence-electron chi connectivity index (χ0n) is 14.0. The summed E-state index contributed by atoms with van der Waals surface area (Å²) < 4.78 is 27.8. The Morgan fingerprint density at radius 1 is 1.08 bits per heavy atom. The van der Waals surface area contributed by atoms with Gasteiger partial charge in [0.15, 0.2) is 0 Å². The molecule has 5 nitrogen and oxygen atoms in total. The van der Waals surface area contributed by atoms with Gasteiger partial charge in [-0.1, -0.05) is 42.5 Å². The molecule has 0 bridgehead atoms. The molecule has 1 aliphatic rings. The first kappa shape index (κ1) is 17.6. The molecule has 1 fully saturated rings. The fraction of sp³-hybridized carbons (Fsp3) is 0.316. The van der Waals surface area contributed by atoms with Crippen molar-refractivity contribution < 1.29 is 18.3 Å². The molecule has 2 atom stereocenters. The van der Waals surface area contributed by atoms with Crippen LogP contribution in [0.15, 0.2) is 54.6 Å². The lowest BCUT2D eigenvalue weighted by molar-refractivity contribution is 0.0697. The molecule has 1 aliphatic heterocycles. The van der Waals surface area contributed by atoms with Gasteiger partial charge in [0.05, 0.1) is 5.56 Å². The Balaban J connectivity index is 1.87. The third-order valence-corrected chi connectivity index (χ3v) is 7.11. The number of carboxylic acids is 1. The van der Waals surface area contributed by atoms with Gasteiger partial charge in [0.25, 0.3) is 0 Å². The van der Waals surface area contributed by atoms with Crippen LogP contribution in [0.25, 0.3) is 0 Å². The van der Waals surface area contributed by atoms with Crippen molar-refractivity contribution in [3.63, 3.8) is 0 Å². The Morgan fingerprint density at radius 3 is 2.32 bits per heavy atom. The Kier molecular flexibility index (Phi) is 4.92. The summed E-state index contributed by atoms with van der Waals surface area (Å²) in [6.07, 6.45) is 1.41. The van der Waals surface area contributed by atoms with Gasteiger partial charge in [-0.3, -0.25) is 0 Å². The van der Waals surface area contributed by atoms with Gasteiger partial charge in [0, 0.05) is 12.6 Å². The van der Waals surface area contributed by atoms with Crippen LogP contribution in [0, 0.1) is 0 Å². The maximum Gasteiger partial charge on any atom is 0.335 e. The third-order valence-electron chi connectivity index (χ3n) is 4.74. The van der Waals surface area contributed by atoms with Gasteiger partial charge < -0.3 is 5.11 Å². The van der Waals surface area contributed by atoms with Gasteiger partial charge in [0.2, 0.25) is 10.0 Å². The molecule has 1 heterocycles. The molecular formula is C19H21NO4S. The van der Waals surface area contributed by atoms with Gasteiger partial charge >= 0.3 is 5.97 Å². The Morgan fingerprint density at radius 2 is 1.72 bits per heavy atom. The van der Waals surface area contributed by atoms with E-state index in [1.54, 1.807) is 16.4 Å². The summed E-state index contributed by atoms with van der Waals surface area (Å²) in [6, 6.07) is 15.6. The lowest BCUT2D eigenvalue weighted by atomic mass is 10.0. The van der Waals surface area contributed by atoms with Crippen LogP contribution in [-0.4, -0.2) is 29.8 Å². The van der Waals surface area contributed by atoms with Gasteiger partial charge in [-0.25, -0.2) is 13.2 Å². The molecular weight excluding hydrogens is 338 g/mol. The van der Waals surface area contributed by atoms with E-state index in [4.69, 9.17) is 5.11 Å². The van der Waals surface area contributed by atoms with Crippen molar-refractivity contribution in [3.05, 3.63) is 71.3 Å². The number of hydrogen-bond donors (Lipinski definition) is 1. The summed E-state index contributed by atoms with van der Waals surface area (Å²) in [6.45, 7) is 2.18. The smallest absolute Gasteiger partial charge is 0.335 e. The summed E-state index contributed by atoms with van der Waals surface area (Å²) in [4.78, 5) is 11.0. The number of benzene rings is 2. The van der Waals surface area contributed by atoms with Crippen LogP contribution >= 0.6 is 0 Å². The molecule has 6 heteroatoms. The highest BCUT2D eigenvalue weighted by Gasteiger charge is 2.40. The average molecular weight is 359 g/mol. The van der Waals surface area contributed by atoms with E-state index in [2.05, 4.69) is 0 Å². The van der Waals surface area contributed by atoms with Crippen molar-refractivity contribution in [2.24, 2.45) is 0 Å². The summed E-state index contributed by atoms with van der Waals surface area (Å²) >= 11 is 0. The fourth-order valence-electron chi connectivity index (χ4n) is 3.28. The number of rotatable bonds is 4. The van der Waals surface area contributed by atoms with E-state index in [1.165, 1.54) is 12.1 Å². The second-order valence-electron chi connectivity index (χ2n) is 6.42. The van der Waals surface area contributed by atoms with Gasteiger partial charge in [0.1, 0.15) is 5.25 Å². The van der Waals surface area contributed by atoms with E-state index in [9.17, 15) is 13.2 Å². The minimum atomic E-state index is -3.47. The molecule has 2 aromatic carbocycles. The van der Waals surface area contributed by atoms with E-state index in [-0.39, 0.29) is 18.2 Å². The molecule has 25 heavy (non-hydrogen) atoms. The van der Waals surface area contributed by atoms with Crippen molar-refractivity contribution in [1.29, 1.82) is 0 Å². The van der Waals surface area contributed by atoms with Crippen molar-refractivity contribution >= 4 is 16.0 Å². The van der Waals surface area contributed by atoms with Gasteiger partial charge in [-0.15, -0.1) is 0 Å². The number of aromatic carboxylic acids is 1.